The Hall–Kier alpha value is -5.39. The quantitative estimate of drug-likeness (QED) is 0.0739. The molecule has 17 heteroatoms. The number of imidazole rings is 2. The Morgan fingerprint density at radius 3 is 2.45 bits per heavy atom. The molecule has 2 aromatic carbocycles. The summed E-state index contributed by atoms with van der Waals surface area (Å²) in [4.78, 5) is 54.0. The average molecular weight is 748 g/mol. The van der Waals surface area contributed by atoms with Gasteiger partial charge < -0.3 is 34.4 Å². The Bertz CT molecular complexity index is 2190. The summed E-state index contributed by atoms with van der Waals surface area (Å²) in [6.07, 6.45) is 5.46. The van der Waals surface area contributed by atoms with E-state index in [0.29, 0.717) is 77.1 Å². The van der Waals surface area contributed by atoms with Gasteiger partial charge in [0.25, 0.3) is 5.91 Å². The monoisotopic (exact) mass is 747 g/mol. The van der Waals surface area contributed by atoms with Crippen molar-refractivity contribution in [2.24, 2.45) is 5.73 Å². The second kappa shape index (κ2) is 16.5. The molecule has 0 spiro atoms. The number of halogens is 1. The number of ether oxygens (including phenoxy) is 3. The van der Waals surface area contributed by atoms with Crippen molar-refractivity contribution in [3.05, 3.63) is 62.9 Å². The van der Waals surface area contributed by atoms with Crippen LogP contribution in [0.15, 0.2) is 30.4 Å². The largest absolute Gasteiger partial charge is 0.494 e. The molecule has 0 atom stereocenters. The molecule has 6 rings (SSSR count). The average Bonchev–Trinajstić information content (AvgIpc) is 3.85. The van der Waals surface area contributed by atoms with Crippen LogP contribution in [-0.2, 0) is 24.2 Å². The number of hydrogen-bond acceptors (Lipinski definition) is 12. The van der Waals surface area contributed by atoms with Crippen LogP contribution in [0.5, 0.6) is 11.5 Å². The molecule has 2 amide bonds. The van der Waals surface area contributed by atoms with E-state index in [0.717, 1.165) is 31.1 Å². The molecule has 280 valence electrons. The Kier molecular flexibility index (Phi) is 11.6. The van der Waals surface area contributed by atoms with Crippen LogP contribution < -0.4 is 25.8 Å². The number of carbonyl (C=O) groups is 3. The number of aryl methyl sites for hydroxylation is 2. The Labute approximate surface area is 308 Å². The Morgan fingerprint density at radius 2 is 1.79 bits per heavy atom. The summed E-state index contributed by atoms with van der Waals surface area (Å²) in [6.45, 7) is 8.54. The Balaban J connectivity index is 1.35. The maximum Gasteiger partial charge on any atom is 0.269 e. The number of morpholine rings is 1. The van der Waals surface area contributed by atoms with Crippen molar-refractivity contribution < 1.29 is 33.0 Å². The third kappa shape index (κ3) is 7.86. The minimum Gasteiger partial charge on any atom is -0.494 e. The van der Waals surface area contributed by atoms with E-state index in [4.69, 9.17) is 24.9 Å². The zero-order valence-electron chi connectivity index (χ0n) is 30.0. The smallest absolute Gasteiger partial charge is 0.269 e. The van der Waals surface area contributed by atoms with Gasteiger partial charge in [0.05, 0.1) is 48.7 Å². The van der Waals surface area contributed by atoms with Gasteiger partial charge in [-0.15, -0.1) is 11.3 Å². The van der Waals surface area contributed by atoms with Crippen molar-refractivity contribution in [2.45, 2.75) is 39.8 Å². The van der Waals surface area contributed by atoms with Crippen molar-refractivity contribution in [1.29, 1.82) is 0 Å². The van der Waals surface area contributed by atoms with Crippen LogP contribution in [-0.4, -0.2) is 101 Å². The molecule has 3 aromatic heterocycles. The van der Waals surface area contributed by atoms with Crippen molar-refractivity contribution in [2.75, 3.05) is 64.2 Å². The number of allylic oxidation sites excluding steroid dienone is 2. The summed E-state index contributed by atoms with van der Waals surface area (Å²) < 4.78 is 36.0. The van der Waals surface area contributed by atoms with Crippen molar-refractivity contribution in [3.8, 4) is 11.5 Å². The van der Waals surface area contributed by atoms with Gasteiger partial charge in [-0.1, -0.05) is 19.1 Å². The first-order valence-electron chi connectivity index (χ1n) is 17.3. The number of benzene rings is 2. The highest BCUT2D eigenvalue weighted by atomic mass is 32.1. The van der Waals surface area contributed by atoms with E-state index in [1.807, 2.05) is 26.0 Å². The molecule has 4 N–H and O–H groups in total. The van der Waals surface area contributed by atoms with Crippen LogP contribution in [0.25, 0.3) is 22.1 Å². The van der Waals surface area contributed by atoms with E-state index in [-0.39, 0.29) is 41.6 Å². The van der Waals surface area contributed by atoms with Crippen LogP contribution in [0.4, 0.5) is 16.3 Å². The minimum absolute atomic E-state index is 0.000204. The molecular weight excluding hydrogens is 706 g/mol. The number of aromatic nitrogens is 5. The lowest BCUT2D eigenvalue weighted by atomic mass is 10.1. The van der Waals surface area contributed by atoms with Gasteiger partial charge in [0.2, 0.25) is 17.8 Å². The number of carbonyl (C=O) groups excluding carboxylic acids is 3. The van der Waals surface area contributed by atoms with Crippen LogP contribution in [0.3, 0.4) is 0 Å². The number of aldehydes is 1. The first-order valence-corrected chi connectivity index (χ1v) is 18.1. The number of primary amides is 1. The van der Waals surface area contributed by atoms with Gasteiger partial charge >= 0.3 is 0 Å². The SMILES string of the molecule is CCc1nc(C)sc1C(=O)Nc1nc2cc(C(N)=O)cc(OCCCN3CCOCC3)c2n1C/C=C/Cn1c(NC)nc2c(F)c(C=O)cc(OC)c21. The lowest BCUT2D eigenvalue weighted by Crippen LogP contribution is -2.37. The number of fused-ring (bicyclic) bond motifs is 2. The lowest BCUT2D eigenvalue weighted by Gasteiger charge is -2.26. The summed E-state index contributed by atoms with van der Waals surface area (Å²) in [5, 5.41) is 6.72. The summed E-state index contributed by atoms with van der Waals surface area (Å²) in [5.41, 5.74) is 7.82. The fourth-order valence-electron chi connectivity index (χ4n) is 6.33. The van der Waals surface area contributed by atoms with Crippen LogP contribution >= 0.6 is 11.3 Å². The maximum atomic E-state index is 15.2. The van der Waals surface area contributed by atoms with Gasteiger partial charge in [-0.2, -0.15) is 0 Å². The van der Waals surface area contributed by atoms with Gasteiger partial charge in [0.15, 0.2) is 12.1 Å². The second-order valence-corrected chi connectivity index (χ2v) is 13.5. The number of nitrogens with zero attached hydrogens (tertiary/aromatic N) is 6. The van der Waals surface area contributed by atoms with Crippen LogP contribution in [0.2, 0.25) is 0 Å². The van der Waals surface area contributed by atoms with Gasteiger partial charge in [-0.05, 0) is 38.0 Å². The highest BCUT2D eigenvalue weighted by molar-refractivity contribution is 7.13. The number of hydrogen-bond donors (Lipinski definition) is 3. The molecule has 1 fully saturated rings. The highest BCUT2D eigenvalue weighted by Crippen LogP contribution is 2.34. The molecule has 0 radical (unpaired) electrons. The molecule has 1 saturated heterocycles. The molecule has 1 aliphatic heterocycles. The van der Waals surface area contributed by atoms with Gasteiger partial charge in [-0.3, -0.25) is 24.6 Å². The number of nitrogens with two attached hydrogens (primary N) is 1. The van der Waals surface area contributed by atoms with E-state index in [1.165, 1.54) is 24.5 Å². The normalized spacial score (nSPS) is 13.6. The van der Waals surface area contributed by atoms with E-state index >= 15 is 4.39 Å². The molecule has 4 heterocycles. The number of rotatable bonds is 16. The molecule has 0 unspecified atom stereocenters. The second-order valence-electron chi connectivity index (χ2n) is 12.3. The number of amides is 2. The van der Waals surface area contributed by atoms with E-state index < -0.39 is 11.7 Å². The summed E-state index contributed by atoms with van der Waals surface area (Å²) >= 11 is 1.30. The van der Waals surface area contributed by atoms with Gasteiger partial charge in [-0.25, -0.2) is 19.3 Å². The summed E-state index contributed by atoms with van der Waals surface area (Å²) in [7, 11) is 3.10. The predicted molar refractivity (Wildman–Crippen MR) is 200 cm³/mol. The minimum atomic E-state index is -0.740. The zero-order valence-corrected chi connectivity index (χ0v) is 30.8. The van der Waals surface area contributed by atoms with Crippen LogP contribution in [0, 0.1) is 12.7 Å². The third-order valence-electron chi connectivity index (χ3n) is 8.90. The van der Waals surface area contributed by atoms with Gasteiger partial charge in [0.1, 0.15) is 32.9 Å². The molecule has 1 aliphatic rings. The molecule has 0 aliphatic carbocycles. The topological polar surface area (TPSA) is 181 Å². The number of anilines is 2. The van der Waals surface area contributed by atoms with Crippen LogP contribution in [0.1, 0.15) is 54.4 Å². The molecule has 53 heavy (non-hydrogen) atoms. The molecule has 0 bridgehead atoms. The van der Waals surface area contributed by atoms with E-state index in [2.05, 4.69) is 25.5 Å². The van der Waals surface area contributed by atoms with Gasteiger partial charge in [0, 0.05) is 45.3 Å². The molecular formula is C36H42FN9O6S. The van der Waals surface area contributed by atoms with Crippen molar-refractivity contribution in [1.82, 2.24) is 29.0 Å². The first kappa shape index (κ1) is 37.4. The fourth-order valence-corrected chi connectivity index (χ4v) is 7.23. The predicted octanol–water partition coefficient (Wildman–Crippen LogP) is 4.42. The lowest BCUT2D eigenvalue weighted by molar-refractivity contribution is 0.0358. The Morgan fingerprint density at radius 1 is 1.06 bits per heavy atom. The van der Waals surface area contributed by atoms with E-state index in [1.54, 1.807) is 28.3 Å². The zero-order chi connectivity index (χ0) is 37.6. The summed E-state index contributed by atoms with van der Waals surface area (Å²) in [6, 6.07) is 4.52. The summed E-state index contributed by atoms with van der Waals surface area (Å²) in [5.74, 6) is -0.452. The number of methoxy groups -OCH3 is 1. The number of nitrogens with one attached hydrogen (secondary N) is 2. The molecule has 5 aromatic rings. The van der Waals surface area contributed by atoms with Crippen molar-refractivity contribution in [3.63, 3.8) is 0 Å². The molecule has 0 saturated carbocycles. The van der Waals surface area contributed by atoms with E-state index in [9.17, 15) is 14.4 Å². The highest BCUT2D eigenvalue weighted by Gasteiger charge is 2.23. The standard InChI is InChI=1S/C36H42FN9O6S/c1-5-24-32(53-21(2)40-24)34(49)43-36-41-25-17-22(33(38)48)18-27(52-14-8-9-44-12-15-51-16-13-44)30(25)45(36)10-6-7-11-46-31-26(50-4)19-23(20-47)28(37)29(31)42-35(46)39-3/h6-7,17-20H,5,8-16H2,1-4H3,(H2,38,48)(H,39,42)(H,41,43,49)/b7-6+. The van der Waals surface area contributed by atoms with Crippen molar-refractivity contribution >= 4 is 63.4 Å². The first-order chi connectivity index (χ1) is 25.7. The molecule has 15 nitrogen and oxygen atoms in total. The fraction of sp³-hybridized carbons (Fsp3) is 0.389. The third-order valence-corrected chi connectivity index (χ3v) is 9.92. The number of thiazole rings is 1. The maximum absolute atomic E-state index is 15.2.